The van der Waals surface area contributed by atoms with E-state index in [1.807, 2.05) is 42.5 Å². The van der Waals surface area contributed by atoms with Gasteiger partial charge < -0.3 is 14.9 Å². The van der Waals surface area contributed by atoms with Crippen LogP contribution < -0.4 is 5.46 Å². The summed E-state index contributed by atoms with van der Waals surface area (Å²) in [4.78, 5) is 19.0. The Bertz CT molecular complexity index is 958. The van der Waals surface area contributed by atoms with Crippen molar-refractivity contribution in [3.05, 3.63) is 71.4 Å². The van der Waals surface area contributed by atoms with Gasteiger partial charge in [0, 0.05) is 36.2 Å². The van der Waals surface area contributed by atoms with Crippen molar-refractivity contribution in [1.29, 1.82) is 0 Å². The van der Waals surface area contributed by atoms with E-state index in [2.05, 4.69) is 4.98 Å². The van der Waals surface area contributed by atoms with Crippen molar-refractivity contribution < 1.29 is 14.8 Å². The summed E-state index contributed by atoms with van der Waals surface area (Å²) in [6, 6.07) is 17.1. The van der Waals surface area contributed by atoms with Crippen LogP contribution in [0.2, 0.25) is 0 Å². The van der Waals surface area contributed by atoms with E-state index in [1.165, 1.54) is 0 Å². The Kier molecular flexibility index (Phi) is 3.99. The van der Waals surface area contributed by atoms with Gasteiger partial charge in [-0.1, -0.05) is 42.5 Å². The molecule has 0 aliphatic carbocycles. The molecular formula is C19H17BN2O3. The number of carbonyl (C=O) groups excluding carboxylic acids is 1. The van der Waals surface area contributed by atoms with Crippen molar-refractivity contribution in [3.63, 3.8) is 0 Å². The number of pyridine rings is 1. The molecule has 0 spiro atoms. The van der Waals surface area contributed by atoms with Crippen LogP contribution in [0, 0.1) is 0 Å². The number of fused-ring (bicyclic) bond motifs is 2. The molecule has 0 bridgehead atoms. The Balaban J connectivity index is 1.52. The molecular weight excluding hydrogens is 315 g/mol. The molecule has 3 aromatic rings. The van der Waals surface area contributed by atoms with Crippen LogP contribution in [0.15, 0.2) is 54.6 Å². The second-order valence-corrected chi connectivity index (χ2v) is 6.23. The molecule has 4 rings (SSSR count). The van der Waals surface area contributed by atoms with Gasteiger partial charge in [-0.15, -0.1) is 0 Å². The van der Waals surface area contributed by atoms with E-state index in [1.54, 1.807) is 17.0 Å². The molecule has 0 atom stereocenters. The van der Waals surface area contributed by atoms with E-state index in [9.17, 15) is 14.8 Å². The van der Waals surface area contributed by atoms with E-state index in [0.717, 1.165) is 22.2 Å². The third kappa shape index (κ3) is 2.90. The predicted octanol–water partition coefficient (Wildman–Crippen LogP) is 1.11. The zero-order valence-electron chi connectivity index (χ0n) is 13.6. The quantitative estimate of drug-likeness (QED) is 0.702. The molecule has 1 amide bonds. The summed E-state index contributed by atoms with van der Waals surface area (Å²) in [6.07, 6.45) is 0.654. The number of hydrogen-bond donors (Lipinski definition) is 2. The molecule has 0 radical (unpaired) electrons. The van der Waals surface area contributed by atoms with Crippen molar-refractivity contribution in [3.8, 4) is 0 Å². The van der Waals surface area contributed by atoms with E-state index < -0.39 is 7.12 Å². The van der Waals surface area contributed by atoms with Crippen molar-refractivity contribution in [2.45, 2.75) is 13.0 Å². The summed E-state index contributed by atoms with van der Waals surface area (Å²) in [5.41, 5.74) is 3.41. The first kappa shape index (κ1) is 15.8. The molecule has 1 aliphatic rings. The highest BCUT2D eigenvalue weighted by Gasteiger charge is 2.32. The molecule has 0 saturated carbocycles. The average molecular weight is 332 g/mol. The fourth-order valence-electron chi connectivity index (χ4n) is 3.34. The van der Waals surface area contributed by atoms with E-state index >= 15 is 0 Å². The van der Waals surface area contributed by atoms with Crippen molar-refractivity contribution >= 4 is 29.4 Å². The van der Waals surface area contributed by atoms with Crippen LogP contribution in [0.4, 0.5) is 0 Å². The summed E-state index contributed by atoms with van der Waals surface area (Å²) >= 11 is 0. The smallest absolute Gasteiger partial charge is 0.423 e. The lowest BCUT2D eigenvalue weighted by Crippen LogP contribution is -2.36. The number of nitrogens with zero attached hydrogens (tertiary/aromatic N) is 2. The van der Waals surface area contributed by atoms with Crippen LogP contribution in [-0.4, -0.2) is 39.5 Å². The van der Waals surface area contributed by atoms with Crippen LogP contribution >= 0.6 is 0 Å². The molecule has 1 aromatic heterocycles. The number of benzene rings is 2. The van der Waals surface area contributed by atoms with Crippen molar-refractivity contribution in [2.24, 2.45) is 0 Å². The minimum absolute atomic E-state index is 0.153. The largest absolute Gasteiger partial charge is 0.489 e. The molecule has 0 unspecified atom stereocenters. The summed E-state index contributed by atoms with van der Waals surface area (Å²) < 4.78 is 0. The summed E-state index contributed by atoms with van der Waals surface area (Å²) in [7, 11) is -1.64. The fourth-order valence-corrected chi connectivity index (χ4v) is 3.34. The van der Waals surface area contributed by atoms with Crippen LogP contribution in [-0.2, 0) is 13.0 Å². The maximum absolute atomic E-state index is 12.6. The lowest BCUT2D eigenvalue weighted by Gasteiger charge is -2.15. The maximum atomic E-state index is 12.6. The maximum Gasteiger partial charge on any atom is 0.489 e. The molecule has 6 heteroatoms. The average Bonchev–Trinajstić information content (AvgIpc) is 2.96. The predicted molar refractivity (Wildman–Crippen MR) is 96.5 cm³/mol. The van der Waals surface area contributed by atoms with Crippen LogP contribution in [0.1, 0.15) is 21.6 Å². The van der Waals surface area contributed by atoms with Gasteiger partial charge in [0.1, 0.15) is 0 Å². The van der Waals surface area contributed by atoms with Crippen molar-refractivity contribution in [1.82, 2.24) is 9.88 Å². The minimum atomic E-state index is -1.64. The van der Waals surface area contributed by atoms with Gasteiger partial charge in [-0.05, 0) is 23.2 Å². The number of carbonyl (C=O) groups is 1. The topological polar surface area (TPSA) is 73.7 Å². The first-order valence-corrected chi connectivity index (χ1v) is 8.25. The first-order chi connectivity index (χ1) is 12.1. The summed E-state index contributed by atoms with van der Waals surface area (Å²) in [5, 5.41) is 20.0. The Morgan fingerprint density at radius 3 is 2.72 bits per heavy atom. The van der Waals surface area contributed by atoms with Crippen LogP contribution in [0.3, 0.4) is 0 Å². The molecule has 0 saturated heterocycles. The number of rotatable bonds is 4. The standard InChI is InChI=1S/C19H17BN2O3/c23-19-18-14(5-3-6-16(18)20(24)25)12-22(19)11-10-15-9-8-13-4-1-2-7-17(13)21-15/h1-9,24-25H,10-12H2. The highest BCUT2D eigenvalue weighted by atomic mass is 16.4. The Hall–Kier alpha value is -2.70. The van der Waals surface area contributed by atoms with Crippen molar-refractivity contribution in [2.75, 3.05) is 6.54 Å². The Morgan fingerprint density at radius 1 is 1.04 bits per heavy atom. The molecule has 1 aliphatic heterocycles. The van der Waals surface area contributed by atoms with Gasteiger partial charge >= 0.3 is 7.12 Å². The molecule has 25 heavy (non-hydrogen) atoms. The first-order valence-electron chi connectivity index (χ1n) is 8.25. The highest BCUT2D eigenvalue weighted by molar-refractivity contribution is 6.60. The van der Waals surface area contributed by atoms with Gasteiger partial charge in [-0.25, -0.2) is 0 Å². The normalized spacial score (nSPS) is 13.4. The highest BCUT2D eigenvalue weighted by Crippen LogP contribution is 2.22. The Labute approximate surface area is 145 Å². The number of amides is 1. The van der Waals surface area contributed by atoms with E-state index in [-0.39, 0.29) is 11.4 Å². The van der Waals surface area contributed by atoms with Crippen LogP contribution in [0.5, 0.6) is 0 Å². The lowest BCUT2D eigenvalue weighted by atomic mass is 9.76. The zero-order chi connectivity index (χ0) is 17.4. The van der Waals surface area contributed by atoms with Gasteiger partial charge in [-0.3, -0.25) is 9.78 Å². The monoisotopic (exact) mass is 332 g/mol. The summed E-state index contributed by atoms with van der Waals surface area (Å²) in [6.45, 7) is 1.03. The summed E-state index contributed by atoms with van der Waals surface area (Å²) in [5.74, 6) is -0.153. The van der Waals surface area contributed by atoms with E-state index in [4.69, 9.17) is 0 Å². The van der Waals surface area contributed by atoms with Gasteiger partial charge in [0.05, 0.1) is 5.52 Å². The fraction of sp³-hybridized carbons (Fsp3) is 0.158. The molecule has 5 nitrogen and oxygen atoms in total. The van der Waals surface area contributed by atoms with Gasteiger partial charge in [0.25, 0.3) is 5.91 Å². The van der Waals surface area contributed by atoms with Gasteiger partial charge in [0.15, 0.2) is 0 Å². The van der Waals surface area contributed by atoms with Crippen LogP contribution in [0.25, 0.3) is 10.9 Å². The second-order valence-electron chi connectivity index (χ2n) is 6.23. The molecule has 2 heterocycles. The third-order valence-electron chi connectivity index (χ3n) is 4.62. The molecule has 2 aromatic carbocycles. The minimum Gasteiger partial charge on any atom is -0.423 e. The number of aromatic nitrogens is 1. The SMILES string of the molecule is O=C1c2c(cccc2B(O)O)CN1CCc1ccc2ccccc2n1. The number of hydrogen-bond acceptors (Lipinski definition) is 4. The Morgan fingerprint density at radius 2 is 1.88 bits per heavy atom. The molecule has 124 valence electrons. The lowest BCUT2D eigenvalue weighted by molar-refractivity contribution is 0.0780. The zero-order valence-corrected chi connectivity index (χ0v) is 13.6. The van der Waals surface area contributed by atoms with Gasteiger partial charge in [0.2, 0.25) is 0 Å². The van der Waals surface area contributed by atoms with Gasteiger partial charge in [-0.2, -0.15) is 0 Å². The molecule has 0 fully saturated rings. The second kappa shape index (κ2) is 6.31. The molecule has 2 N–H and O–H groups in total. The van der Waals surface area contributed by atoms with E-state index in [0.29, 0.717) is 25.1 Å². The third-order valence-corrected chi connectivity index (χ3v) is 4.62. The number of para-hydroxylation sites is 1.